The van der Waals surface area contributed by atoms with Crippen LogP contribution in [0.5, 0.6) is 0 Å². The molecule has 1 spiro atoms. The molecule has 1 saturated carbocycles. The lowest BCUT2D eigenvalue weighted by molar-refractivity contribution is 0.108. The highest BCUT2D eigenvalue weighted by Gasteiger charge is 2.46. The van der Waals surface area contributed by atoms with Crippen LogP contribution >= 0.6 is 0 Å². The van der Waals surface area contributed by atoms with Crippen LogP contribution in [0.2, 0.25) is 0 Å². The largest absolute Gasteiger partial charge is 0.378 e. The van der Waals surface area contributed by atoms with Crippen molar-refractivity contribution in [3.05, 3.63) is 48.7 Å². The average Bonchev–Trinajstić information content (AvgIpc) is 2.84. The van der Waals surface area contributed by atoms with Crippen molar-refractivity contribution in [3.8, 4) is 0 Å². The third-order valence-electron chi connectivity index (χ3n) is 7.51. The number of aromatic nitrogens is 4. The Morgan fingerprint density at radius 3 is 2.47 bits per heavy atom. The molecule has 7 heteroatoms. The van der Waals surface area contributed by atoms with Gasteiger partial charge in [0.05, 0.1) is 18.7 Å². The molecule has 6 rings (SSSR count). The van der Waals surface area contributed by atoms with Crippen molar-refractivity contribution < 1.29 is 4.74 Å². The molecule has 166 valence electrons. The number of rotatable bonds is 4. The van der Waals surface area contributed by atoms with Crippen LogP contribution in [-0.4, -0.2) is 59.3 Å². The molecule has 0 bridgehead atoms. The quantitative estimate of drug-likeness (QED) is 0.628. The molecule has 0 N–H and O–H groups in total. The van der Waals surface area contributed by atoms with Crippen LogP contribution in [0.1, 0.15) is 31.5 Å². The Kier molecular flexibility index (Phi) is 5.14. The summed E-state index contributed by atoms with van der Waals surface area (Å²) >= 11 is 0. The van der Waals surface area contributed by atoms with E-state index in [1.165, 1.54) is 25.7 Å². The topological polar surface area (TPSA) is 67.3 Å². The minimum atomic E-state index is 0.444. The number of ether oxygens (including phenoxy) is 1. The minimum absolute atomic E-state index is 0.444. The Balaban J connectivity index is 1.16. The van der Waals surface area contributed by atoms with Gasteiger partial charge >= 0.3 is 0 Å². The highest BCUT2D eigenvalue weighted by molar-refractivity contribution is 5.92. The van der Waals surface area contributed by atoms with E-state index in [1.807, 2.05) is 30.7 Å². The fourth-order valence-electron chi connectivity index (χ4n) is 5.66. The van der Waals surface area contributed by atoms with Gasteiger partial charge in [-0.2, -0.15) is 0 Å². The summed E-state index contributed by atoms with van der Waals surface area (Å²) in [6.07, 6.45) is 11.7. The SMILES string of the molecule is c1cnc(CC2CCC3(CC2)CN(c2nc(N4CCOCC4)cc4ncccc24)C3)nc1. The Labute approximate surface area is 188 Å². The number of anilines is 2. The average molecular weight is 431 g/mol. The van der Waals surface area contributed by atoms with E-state index in [4.69, 9.17) is 9.72 Å². The molecule has 1 aliphatic carbocycles. The normalized spacial score (nSPS) is 21.1. The zero-order valence-corrected chi connectivity index (χ0v) is 18.5. The first-order chi connectivity index (χ1) is 15.8. The van der Waals surface area contributed by atoms with Gasteiger partial charge in [0.2, 0.25) is 0 Å². The minimum Gasteiger partial charge on any atom is -0.378 e. The fourth-order valence-corrected chi connectivity index (χ4v) is 5.66. The van der Waals surface area contributed by atoms with Crippen LogP contribution in [0, 0.1) is 11.3 Å². The van der Waals surface area contributed by atoms with Gasteiger partial charge in [0.25, 0.3) is 0 Å². The van der Waals surface area contributed by atoms with Gasteiger partial charge in [0.15, 0.2) is 0 Å². The molecule has 0 radical (unpaired) electrons. The van der Waals surface area contributed by atoms with Crippen LogP contribution in [0.3, 0.4) is 0 Å². The van der Waals surface area contributed by atoms with Gasteiger partial charge in [-0.1, -0.05) is 0 Å². The summed E-state index contributed by atoms with van der Waals surface area (Å²) in [5.41, 5.74) is 1.48. The number of morpholine rings is 1. The Morgan fingerprint density at radius 2 is 1.69 bits per heavy atom. The molecule has 2 aliphatic heterocycles. The Bertz CT molecular complexity index is 1070. The van der Waals surface area contributed by atoms with Crippen molar-refractivity contribution in [3.63, 3.8) is 0 Å². The van der Waals surface area contributed by atoms with Crippen molar-refractivity contribution in [1.82, 2.24) is 19.9 Å². The molecule has 0 aromatic carbocycles. The molecule has 2 saturated heterocycles. The van der Waals surface area contributed by atoms with Crippen LogP contribution in [0.15, 0.2) is 42.9 Å². The van der Waals surface area contributed by atoms with Crippen LogP contribution in [-0.2, 0) is 11.2 Å². The standard InChI is InChI=1S/C25H30N6O/c1-3-20-21(26-8-1)16-23(30-11-13-32-14-12-30)29-24(20)31-17-25(18-31)6-4-19(5-7-25)15-22-27-9-2-10-28-22/h1-3,8-10,16,19H,4-7,11-15,17-18H2. The predicted molar refractivity (Wildman–Crippen MR) is 125 cm³/mol. The van der Waals surface area contributed by atoms with Crippen molar-refractivity contribution in [2.24, 2.45) is 11.3 Å². The van der Waals surface area contributed by atoms with Gasteiger partial charge in [-0.05, 0) is 49.8 Å². The molecule has 32 heavy (non-hydrogen) atoms. The highest BCUT2D eigenvalue weighted by atomic mass is 16.5. The number of fused-ring (bicyclic) bond motifs is 1. The van der Waals surface area contributed by atoms with Crippen LogP contribution in [0.4, 0.5) is 11.6 Å². The summed E-state index contributed by atoms with van der Waals surface area (Å²) in [4.78, 5) is 23.4. The smallest absolute Gasteiger partial charge is 0.140 e. The first-order valence-corrected chi connectivity index (χ1v) is 11.9. The highest BCUT2D eigenvalue weighted by Crippen LogP contribution is 2.48. The second kappa shape index (κ2) is 8.28. The predicted octanol–water partition coefficient (Wildman–Crippen LogP) is 3.50. The summed E-state index contributed by atoms with van der Waals surface area (Å²) in [6, 6.07) is 8.21. The van der Waals surface area contributed by atoms with Gasteiger partial charge in [-0.15, -0.1) is 0 Å². The molecule has 0 amide bonds. The molecule has 3 aromatic rings. The third kappa shape index (κ3) is 3.79. The number of hydrogen-bond acceptors (Lipinski definition) is 7. The Morgan fingerprint density at radius 1 is 0.938 bits per heavy atom. The van der Waals surface area contributed by atoms with Crippen LogP contribution < -0.4 is 9.80 Å². The summed E-state index contributed by atoms with van der Waals surface area (Å²) in [5, 5.41) is 1.16. The van der Waals surface area contributed by atoms with Gasteiger partial charge in [-0.3, -0.25) is 4.98 Å². The maximum Gasteiger partial charge on any atom is 0.140 e. The number of hydrogen-bond donors (Lipinski definition) is 0. The maximum atomic E-state index is 5.54. The molecular weight excluding hydrogens is 400 g/mol. The van der Waals surface area contributed by atoms with E-state index in [2.05, 4.69) is 36.9 Å². The van der Waals surface area contributed by atoms with E-state index >= 15 is 0 Å². The van der Waals surface area contributed by atoms with Crippen molar-refractivity contribution >= 4 is 22.5 Å². The summed E-state index contributed by atoms with van der Waals surface area (Å²) < 4.78 is 5.54. The summed E-state index contributed by atoms with van der Waals surface area (Å²) in [7, 11) is 0. The Hall–Kier alpha value is -2.80. The zero-order valence-electron chi connectivity index (χ0n) is 18.5. The molecular formula is C25H30N6O. The second-order valence-electron chi connectivity index (χ2n) is 9.64. The second-order valence-corrected chi connectivity index (χ2v) is 9.64. The van der Waals surface area contributed by atoms with E-state index < -0.39 is 0 Å². The van der Waals surface area contributed by atoms with Gasteiger partial charge in [0, 0.05) is 68.1 Å². The molecule has 3 fully saturated rings. The number of nitrogens with zero attached hydrogens (tertiary/aromatic N) is 6. The van der Waals surface area contributed by atoms with Crippen molar-refractivity contribution in [2.45, 2.75) is 32.1 Å². The van der Waals surface area contributed by atoms with Crippen molar-refractivity contribution in [2.75, 3.05) is 49.2 Å². The van der Waals surface area contributed by atoms with E-state index in [-0.39, 0.29) is 0 Å². The monoisotopic (exact) mass is 430 g/mol. The molecule has 5 heterocycles. The van der Waals surface area contributed by atoms with Gasteiger partial charge in [0.1, 0.15) is 17.5 Å². The summed E-state index contributed by atoms with van der Waals surface area (Å²) in [6.45, 7) is 5.51. The first kappa shape index (κ1) is 19.9. The van der Waals surface area contributed by atoms with Gasteiger partial charge in [-0.25, -0.2) is 15.0 Å². The molecule has 7 nitrogen and oxygen atoms in total. The lowest BCUT2D eigenvalue weighted by Crippen LogP contribution is -2.58. The van der Waals surface area contributed by atoms with E-state index in [0.29, 0.717) is 11.3 Å². The zero-order chi connectivity index (χ0) is 21.4. The van der Waals surface area contributed by atoms with E-state index in [0.717, 1.165) is 74.2 Å². The number of pyridine rings is 2. The molecule has 3 aromatic heterocycles. The molecule has 0 atom stereocenters. The lowest BCUT2D eigenvalue weighted by Gasteiger charge is -2.54. The lowest BCUT2D eigenvalue weighted by atomic mass is 9.65. The fraction of sp³-hybridized carbons (Fsp3) is 0.520. The van der Waals surface area contributed by atoms with Crippen molar-refractivity contribution in [1.29, 1.82) is 0 Å². The maximum absolute atomic E-state index is 5.54. The van der Waals surface area contributed by atoms with E-state index in [9.17, 15) is 0 Å². The van der Waals surface area contributed by atoms with Crippen LogP contribution in [0.25, 0.3) is 10.9 Å². The van der Waals surface area contributed by atoms with E-state index in [1.54, 1.807) is 0 Å². The third-order valence-corrected chi connectivity index (χ3v) is 7.51. The molecule has 3 aliphatic rings. The summed E-state index contributed by atoms with van der Waals surface area (Å²) in [5.74, 6) is 3.83. The molecule has 0 unspecified atom stereocenters. The first-order valence-electron chi connectivity index (χ1n) is 11.9. The van der Waals surface area contributed by atoms with Gasteiger partial charge < -0.3 is 14.5 Å².